The average Bonchev–Trinajstić information content (AvgIpc) is 2.45. The van der Waals surface area contributed by atoms with Gasteiger partial charge in [0.25, 0.3) is 0 Å². The van der Waals surface area contributed by atoms with E-state index in [1.165, 1.54) is 25.7 Å². The second kappa shape index (κ2) is 6.49. The summed E-state index contributed by atoms with van der Waals surface area (Å²) < 4.78 is 5.91. The molecule has 1 aliphatic carbocycles. The molecule has 1 fully saturated rings. The molecule has 0 radical (unpaired) electrons. The van der Waals surface area contributed by atoms with Gasteiger partial charge >= 0.3 is 0 Å². The van der Waals surface area contributed by atoms with Crippen molar-refractivity contribution in [3.63, 3.8) is 0 Å². The zero-order valence-corrected chi connectivity index (χ0v) is 10.3. The van der Waals surface area contributed by atoms with Gasteiger partial charge in [-0.3, -0.25) is 0 Å². The van der Waals surface area contributed by atoms with E-state index in [1.807, 2.05) is 6.92 Å². The molecule has 2 nitrogen and oxygen atoms in total. The molecule has 1 saturated carbocycles. The number of hydrogen-bond donors (Lipinski definition) is 1. The summed E-state index contributed by atoms with van der Waals surface area (Å²) in [4.78, 5) is 0. The minimum Gasteiger partial charge on any atom is -0.390 e. The minimum absolute atomic E-state index is 0.221. The third-order valence-electron chi connectivity index (χ3n) is 3.55. The maximum Gasteiger partial charge on any atom is 0.0939 e. The quantitative estimate of drug-likeness (QED) is 0.712. The molecule has 0 spiro atoms. The minimum atomic E-state index is -0.263. The van der Waals surface area contributed by atoms with Crippen molar-refractivity contribution in [2.24, 2.45) is 0 Å². The SMILES string of the molecule is CCCC(O)C1(OCC)CCCCCC1. The van der Waals surface area contributed by atoms with Crippen LogP contribution >= 0.6 is 0 Å². The van der Waals surface area contributed by atoms with Crippen LogP contribution in [0.1, 0.15) is 65.2 Å². The van der Waals surface area contributed by atoms with Gasteiger partial charge in [0.15, 0.2) is 0 Å². The van der Waals surface area contributed by atoms with E-state index < -0.39 is 0 Å². The summed E-state index contributed by atoms with van der Waals surface area (Å²) in [5.41, 5.74) is -0.221. The van der Waals surface area contributed by atoms with Crippen LogP contribution in [0.3, 0.4) is 0 Å². The normalized spacial score (nSPS) is 23.4. The van der Waals surface area contributed by atoms with Gasteiger partial charge in [-0.15, -0.1) is 0 Å². The lowest BCUT2D eigenvalue weighted by atomic mass is 9.86. The van der Waals surface area contributed by atoms with Crippen LogP contribution in [-0.4, -0.2) is 23.4 Å². The topological polar surface area (TPSA) is 29.5 Å². The molecule has 0 amide bonds. The van der Waals surface area contributed by atoms with Crippen LogP contribution in [0.5, 0.6) is 0 Å². The molecule has 0 heterocycles. The molecule has 0 aromatic carbocycles. The largest absolute Gasteiger partial charge is 0.390 e. The van der Waals surface area contributed by atoms with Gasteiger partial charge in [-0.25, -0.2) is 0 Å². The smallest absolute Gasteiger partial charge is 0.0939 e. The van der Waals surface area contributed by atoms with E-state index in [4.69, 9.17) is 4.74 Å². The number of hydrogen-bond acceptors (Lipinski definition) is 2. The highest BCUT2D eigenvalue weighted by atomic mass is 16.5. The second-order valence-electron chi connectivity index (χ2n) is 4.72. The van der Waals surface area contributed by atoms with Crippen molar-refractivity contribution in [1.29, 1.82) is 0 Å². The van der Waals surface area contributed by atoms with Gasteiger partial charge in [-0.2, -0.15) is 0 Å². The van der Waals surface area contributed by atoms with Crippen LogP contribution in [0, 0.1) is 0 Å². The summed E-state index contributed by atoms with van der Waals surface area (Å²) in [6, 6.07) is 0. The first-order valence-corrected chi connectivity index (χ1v) is 6.57. The number of ether oxygens (including phenoxy) is 1. The van der Waals surface area contributed by atoms with Gasteiger partial charge in [0.05, 0.1) is 11.7 Å². The van der Waals surface area contributed by atoms with Crippen molar-refractivity contribution in [3.05, 3.63) is 0 Å². The van der Waals surface area contributed by atoms with Crippen LogP contribution in [0.25, 0.3) is 0 Å². The van der Waals surface area contributed by atoms with E-state index in [2.05, 4.69) is 6.92 Å². The first kappa shape index (κ1) is 13.0. The highest BCUT2D eigenvalue weighted by molar-refractivity contribution is 4.90. The molecule has 1 atom stereocenters. The van der Waals surface area contributed by atoms with Crippen molar-refractivity contribution >= 4 is 0 Å². The molecule has 0 aromatic rings. The van der Waals surface area contributed by atoms with E-state index in [0.717, 1.165) is 32.3 Å². The molecule has 0 aliphatic heterocycles. The molecule has 0 aromatic heterocycles. The molecule has 0 saturated heterocycles. The monoisotopic (exact) mass is 214 g/mol. The summed E-state index contributed by atoms with van der Waals surface area (Å²) in [6.07, 6.45) is 8.75. The molecular weight excluding hydrogens is 188 g/mol. The summed E-state index contributed by atoms with van der Waals surface area (Å²) in [6.45, 7) is 4.88. The van der Waals surface area contributed by atoms with Gasteiger partial charge < -0.3 is 9.84 Å². The molecule has 1 aliphatic rings. The van der Waals surface area contributed by atoms with E-state index in [1.54, 1.807) is 0 Å². The summed E-state index contributed by atoms with van der Waals surface area (Å²) in [7, 11) is 0. The third-order valence-corrected chi connectivity index (χ3v) is 3.55. The maximum atomic E-state index is 10.3. The van der Waals surface area contributed by atoms with Crippen LogP contribution in [0.15, 0.2) is 0 Å². The lowest BCUT2D eigenvalue weighted by Crippen LogP contribution is -2.44. The van der Waals surface area contributed by atoms with Gasteiger partial charge in [-0.05, 0) is 26.2 Å². The van der Waals surface area contributed by atoms with Crippen LogP contribution in [-0.2, 0) is 4.74 Å². The highest BCUT2D eigenvalue weighted by Gasteiger charge is 2.38. The van der Waals surface area contributed by atoms with Crippen molar-refractivity contribution < 1.29 is 9.84 Å². The fourth-order valence-corrected chi connectivity index (χ4v) is 2.72. The second-order valence-corrected chi connectivity index (χ2v) is 4.72. The van der Waals surface area contributed by atoms with E-state index in [0.29, 0.717) is 0 Å². The molecule has 1 rings (SSSR count). The van der Waals surface area contributed by atoms with Crippen molar-refractivity contribution in [3.8, 4) is 0 Å². The number of aliphatic hydroxyl groups excluding tert-OH is 1. The molecule has 90 valence electrons. The Kier molecular flexibility index (Phi) is 5.62. The maximum absolute atomic E-state index is 10.3. The molecule has 15 heavy (non-hydrogen) atoms. The fourth-order valence-electron chi connectivity index (χ4n) is 2.72. The van der Waals surface area contributed by atoms with Gasteiger partial charge in [0, 0.05) is 6.61 Å². The van der Waals surface area contributed by atoms with E-state index in [-0.39, 0.29) is 11.7 Å². The zero-order valence-electron chi connectivity index (χ0n) is 10.3. The molecular formula is C13H26O2. The van der Waals surface area contributed by atoms with E-state index >= 15 is 0 Å². The Morgan fingerprint density at radius 2 is 1.73 bits per heavy atom. The van der Waals surface area contributed by atoms with Crippen molar-refractivity contribution in [2.45, 2.75) is 76.9 Å². The lowest BCUT2D eigenvalue weighted by Gasteiger charge is -2.37. The summed E-state index contributed by atoms with van der Waals surface area (Å²) in [5.74, 6) is 0. The van der Waals surface area contributed by atoms with Crippen molar-refractivity contribution in [1.82, 2.24) is 0 Å². The Labute approximate surface area is 94.0 Å². The standard InChI is InChI=1S/C13H26O2/c1-3-9-12(14)13(15-4-2)10-7-5-6-8-11-13/h12,14H,3-11H2,1-2H3. The Morgan fingerprint density at radius 3 is 2.20 bits per heavy atom. The van der Waals surface area contributed by atoms with Crippen LogP contribution in [0.2, 0.25) is 0 Å². The van der Waals surface area contributed by atoms with Gasteiger partial charge in [0.1, 0.15) is 0 Å². The molecule has 1 N–H and O–H groups in total. The van der Waals surface area contributed by atoms with E-state index in [9.17, 15) is 5.11 Å². The predicted molar refractivity (Wildman–Crippen MR) is 63.0 cm³/mol. The van der Waals surface area contributed by atoms with Crippen LogP contribution < -0.4 is 0 Å². The first-order chi connectivity index (χ1) is 7.25. The highest BCUT2D eigenvalue weighted by Crippen LogP contribution is 2.35. The van der Waals surface area contributed by atoms with Gasteiger partial charge in [0.2, 0.25) is 0 Å². The Morgan fingerprint density at radius 1 is 1.13 bits per heavy atom. The number of rotatable bonds is 5. The number of aliphatic hydroxyl groups is 1. The molecule has 2 heteroatoms. The fraction of sp³-hybridized carbons (Fsp3) is 1.00. The Hall–Kier alpha value is -0.0800. The average molecular weight is 214 g/mol. The zero-order chi connectivity index (χ0) is 11.1. The Balaban J connectivity index is 2.65. The molecule has 0 bridgehead atoms. The van der Waals surface area contributed by atoms with Crippen molar-refractivity contribution in [2.75, 3.05) is 6.61 Å². The van der Waals surface area contributed by atoms with Gasteiger partial charge in [-0.1, -0.05) is 39.0 Å². The predicted octanol–water partition coefficient (Wildman–Crippen LogP) is 3.28. The molecule has 1 unspecified atom stereocenters. The summed E-state index contributed by atoms with van der Waals surface area (Å²) in [5, 5.41) is 10.3. The van der Waals surface area contributed by atoms with Crippen LogP contribution in [0.4, 0.5) is 0 Å². The third kappa shape index (κ3) is 3.46. The first-order valence-electron chi connectivity index (χ1n) is 6.57. The lowest BCUT2D eigenvalue weighted by molar-refractivity contribution is -0.131. The summed E-state index contributed by atoms with van der Waals surface area (Å²) >= 11 is 0. The Bertz CT molecular complexity index is 160.